The van der Waals surface area contributed by atoms with Gasteiger partial charge in [-0.1, -0.05) is 20.8 Å². The van der Waals surface area contributed by atoms with E-state index in [4.69, 9.17) is 4.74 Å². The van der Waals surface area contributed by atoms with Gasteiger partial charge in [0.15, 0.2) is 0 Å². The fraction of sp³-hybridized carbons (Fsp3) is 0.938. The Morgan fingerprint density at radius 1 is 1.15 bits per heavy atom. The summed E-state index contributed by atoms with van der Waals surface area (Å²) in [6, 6.07) is 0.689. The molecule has 2 amide bonds. The number of amides is 2. The van der Waals surface area contributed by atoms with Gasteiger partial charge in [-0.2, -0.15) is 0 Å². The van der Waals surface area contributed by atoms with Crippen molar-refractivity contribution < 1.29 is 9.53 Å². The summed E-state index contributed by atoms with van der Waals surface area (Å²) in [4.78, 5) is 16.9. The lowest BCUT2D eigenvalue weighted by atomic mass is 9.87. The van der Waals surface area contributed by atoms with Crippen LogP contribution in [0.3, 0.4) is 0 Å². The first kappa shape index (κ1) is 15.6. The molecule has 2 saturated heterocycles. The topological polar surface area (TPSA) is 32.8 Å². The minimum Gasteiger partial charge on any atom is -0.381 e. The molecule has 2 rings (SSSR count). The molecular weight excluding hydrogens is 252 g/mol. The average Bonchev–Trinajstić information content (AvgIpc) is 2.84. The zero-order valence-corrected chi connectivity index (χ0v) is 13.5. The van der Waals surface area contributed by atoms with Crippen LogP contribution in [0.2, 0.25) is 0 Å². The molecule has 116 valence electrons. The first-order valence-electron chi connectivity index (χ1n) is 7.99. The lowest BCUT2D eigenvalue weighted by Crippen LogP contribution is -2.49. The Kier molecular flexibility index (Phi) is 4.95. The largest absolute Gasteiger partial charge is 0.381 e. The molecule has 0 saturated carbocycles. The number of rotatable bonds is 2. The molecule has 2 aliphatic rings. The van der Waals surface area contributed by atoms with E-state index < -0.39 is 0 Å². The number of carbonyl (C=O) groups is 1. The van der Waals surface area contributed by atoms with Crippen LogP contribution < -0.4 is 0 Å². The summed E-state index contributed by atoms with van der Waals surface area (Å²) in [6.07, 6.45) is 5.70. The molecule has 2 heterocycles. The van der Waals surface area contributed by atoms with Gasteiger partial charge in [-0.05, 0) is 37.5 Å². The number of nitrogens with zero attached hydrogens (tertiary/aromatic N) is 2. The molecule has 1 atom stereocenters. The minimum absolute atomic E-state index is 0.256. The third-order valence-electron chi connectivity index (χ3n) is 4.52. The molecule has 4 heteroatoms. The Bertz CT molecular complexity index is 330. The molecule has 0 N–H and O–H groups in total. The third kappa shape index (κ3) is 3.87. The summed E-state index contributed by atoms with van der Waals surface area (Å²) in [5.74, 6) is 0. The van der Waals surface area contributed by atoms with E-state index in [-0.39, 0.29) is 11.4 Å². The first-order valence-corrected chi connectivity index (χ1v) is 7.99. The lowest BCUT2D eigenvalue weighted by molar-refractivity contribution is 0.0429. The van der Waals surface area contributed by atoms with Crippen molar-refractivity contribution >= 4 is 6.03 Å². The predicted octanol–water partition coefficient (Wildman–Crippen LogP) is 3.12. The molecule has 0 aromatic carbocycles. The number of ether oxygens (including phenoxy) is 1. The van der Waals surface area contributed by atoms with Crippen LogP contribution in [0, 0.1) is 5.41 Å². The van der Waals surface area contributed by atoms with Crippen LogP contribution >= 0.6 is 0 Å². The normalized spacial score (nSPS) is 25.3. The highest BCUT2D eigenvalue weighted by Gasteiger charge is 2.35. The van der Waals surface area contributed by atoms with Crippen molar-refractivity contribution in [3.63, 3.8) is 0 Å². The van der Waals surface area contributed by atoms with Crippen LogP contribution in [-0.4, -0.2) is 54.7 Å². The molecule has 0 spiro atoms. The Labute approximate surface area is 123 Å². The van der Waals surface area contributed by atoms with E-state index in [0.29, 0.717) is 12.1 Å². The summed E-state index contributed by atoms with van der Waals surface area (Å²) < 4.78 is 5.38. The van der Waals surface area contributed by atoms with Gasteiger partial charge in [-0.15, -0.1) is 0 Å². The van der Waals surface area contributed by atoms with Gasteiger partial charge < -0.3 is 14.5 Å². The van der Waals surface area contributed by atoms with Crippen molar-refractivity contribution in [2.75, 3.05) is 26.7 Å². The van der Waals surface area contributed by atoms with E-state index in [2.05, 4.69) is 25.7 Å². The highest BCUT2D eigenvalue weighted by Crippen LogP contribution is 2.31. The van der Waals surface area contributed by atoms with Gasteiger partial charge >= 0.3 is 6.03 Å². The predicted molar refractivity (Wildman–Crippen MR) is 80.8 cm³/mol. The Hall–Kier alpha value is -0.770. The Balaban J connectivity index is 1.91. The molecule has 0 aromatic rings. The van der Waals surface area contributed by atoms with Crippen LogP contribution in [0.4, 0.5) is 4.79 Å². The fourth-order valence-electron chi connectivity index (χ4n) is 3.47. The molecule has 20 heavy (non-hydrogen) atoms. The van der Waals surface area contributed by atoms with Crippen molar-refractivity contribution in [1.29, 1.82) is 0 Å². The molecule has 2 aliphatic heterocycles. The molecular formula is C16H30N2O2. The number of carbonyl (C=O) groups excluding carboxylic acids is 1. The highest BCUT2D eigenvalue weighted by atomic mass is 16.5. The van der Waals surface area contributed by atoms with Crippen LogP contribution in [0.25, 0.3) is 0 Å². The zero-order valence-electron chi connectivity index (χ0n) is 13.5. The molecule has 0 radical (unpaired) electrons. The van der Waals surface area contributed by atoms with Gasteiger partial charge in [0, 0.05) is 32.8 Å². The smallest absolute Gasteiger partial charge is 0.320 e. The van der Waals surface area contributed by atoms with Crippen LogP contribution in [0.15, 0.2) is 0 Å². The van der Waals surface area contributed by atoms with E-state index in [0.717, 1.165) is 51.7 Å². The second kappa shape index (κ2) is 6.33. The molecule has 4 nitrogen and oxygen atoms in total. The maximum absolute atomic E-state index is 12.7. The minimum atomic E-state index is 0.256. The average molecular weight is 282 g/mol. The van der Waals surface area contributed by atoms with Gasteiger partial charge in [0.1, 0.15) is 0 Å². The molecule has 0 bridgehead atoms. The number of piperidine rings is 1. The van der Waals surface area contributed by atoms with Crippen molar-refractivity contribution in [3.05, 3.63) is 0 Å². The summed E-state index contributed by atoms with van der Waals surface area (Å²) in [7, 11) is 1.77. The van der Waals surface area contributed by atoms with E-state index in [1.54, 1.807) is 7.11 Å². The lowest BCUT2D eigenvalue weighted by Gasteiger charge is -2.37. The molecule has 0 aliphatic carbocycles. The highest BCUT2D eigenvalue weighted by molar-refractivity contribution is 5.75. The van der Waals surface area contributed by atoms with Crippen LogP contribution in [0.5, 0.6) is 0 Å². The summed E-state index contributed by atoms with van der Waals surface area (Å²) >= 11 is 0. The SMILES string of the molecule is COC1CCN(C(=O)N2CCC[C@H]2CC(C)(C)C)CC1. The van der Waals surface area contributed by atoms with Crippen molar-refractivity contribution in [3.8, 4) is 0 Å². The van der Waals surface area contributed by atoms with Gasteiger partial charge in [-0.25, -0.2) is 4.79 Å². The number of hydrogen-bond donors (Lipinski definition) is 0. The third-order valence-corrected chi connectivity index (χ3v) is 4.52. The molecule has 0 unspecified atom stereocenters. The monoisotopic (exact) mass is 282 g/mol. The van der Waals surface area contributed by atoms with Crippen LogP contribution in [-0.2, 0) is 4.74 Å². The molecule has 0 aromatic heterocycles. The number of hydrogen-bond acceptors (Lipinski definition) is 2. The zero-order chi connectivity index (χ0) is 14.8. The summed E-state index contributed by atoms with van der Waals surface area (Å²) in [5, 5.41) is 0. The van der Waals surface area contributed by atoms with Gasteiger partial charge in [0.05, 0.1) is 6.10 Å². The van der Waals surface area contributed by atoms with Crippen molar-refractivity contribution in [1.82, 2.24) is 9.80 Å². The maximum Gasteiger partial charge on any atom is 0.320 e. The number of methoxy groups -OCH3 is 1. The van der Waals surface area contributed by atoms with E-state index in [1.807, 2.05) is 4.90 Å². The first-order chi connectivity index (χ1) is 9.40. The molecule has 2 fully saturated rings. The van der Waals surface area contributed by atoms with Gasteiger partial charge in [-0.3, -0.25) is 0 Å². The van der Waals surface area contributed by atoms with Gasteiger partial charge in [0.2, 0.25) is 0 Å². The Morgan fingerprint density at radius 3 is 2.35 bits per heavy atom. The standard InChI is InChI=1S/C16H30N2O2/c1-16(2,3)12-13-6-5-9-18(13)15(19)17-10-7-14(20-4)8-11-17/h13-14H,5-12H2,1-4H3/t13-/m0/s1. The number of urea groups is 1. The second-order valence-electron chi connectivity index (χ2n) is 7.46. The van der Waals surface area contributed by atoms with Crippen LogP contribution in [0.1, 0.15) is 52.9 Å². The van der Waals surface area contributed by atoms with Crippen molar-refractivity contribution in [2.24, 2.45) is 5.41 Å². The Morgan fingerprint density at radius 2 is 1.80 bits per heavy atom. The second-order valence-corrected chi connectivity index (χ2v) is 7.46. The fourth-order valence-corrected chi connectivity index (χ4v) is 3.47. The van der Waals surface area contributed by atoms with Crippen molar-refractivity contribution in [2.45, 2.75) is 65.0 Å². The summed E-state index contributed by atoms with van der Waals surface area (Å²) in [6.45, 7) is 9.41. The summed E-state index contributed by atoms with van der Waals surface area (Å²) in [5.41, 5.74) is 0.288. The maximum atomic E-state index is 12.7. The quantitative estimate of drug-likeness (QED) is 0.779. The van der Waals surface area contributed by atoms with E-state index in [9.17, 15) is 4.79 Å². The number of likely N-dealkylation sites (tertiary alicyclic amines) is 2. The van der Waals surface area contributed by atoms with E-state index >= 15 is 0 Å². The van der Waals surface area contributed by atoms with E-state index in [1.165, 1.54) is 0 Å². The van der Waals surface area contributed by atoms with Gasteiger partial charge in [0.25, 0.3) is 0 Å².